The van der Waals surface area contributed by atoms with Gasteiger partial charge in [0.25, 0.3) is 0 Å². The third kappa shape index (κ3) is 3.87. The van der Waals surface area contributed by atoms with Crippen molar-refractivity contribution < 1.29 is 48.3 Å². The summed E-state index contributed by atoms with van der Waals surface area (Å²) in [5.74, 6) is -2.40. The van der Waals surface area contributed by atoms with Crippen LogP contribution in [-0.2, 0) is 38.1 Å². The van der Waals surface area contributed by atoms with E-state index in [-0.39, 0.29) is 36.8 Å². The molecule has 0 radical (unpaired) electrons. The fraction of sp³-hybridized carbons (Fsp3) is 0.719. The van der Waals surface area contributed by atoms with Gasteiger partial charge in [0.05, 0.1) is 38.1 Å². The monoisotopic (exact) mass is 586 g/mol. The molecule has 2 saturated heterocycles. The molecule has 0 aromatic rings. The largest absolute Gasteiger partial charge is 0.469 e. The molecule has 0 aromatic carbocycles. The number of allylic oxidation sites excluding steroid dienone is 2. The van der Waals surface area contributed by atoms with Crippen LogP contribution in [0, 0.1) is 34.0 Å². The van der Waals surface area contributed by atoms with Crippen molar-refractivity contribution in [3.8, 4) is 0 Å². The zero-order valence-electron chi connectivity index (χ0n) is 25.3. The number of cyclic esters (lactones) is 1. The zero-order chi connectivity index (χ0) is 30.5. The third-order valence-corrected chi connectivity index (χ3v) is 11.6. The molecule has 3 aliphatic heterocycles. The quantitative estimate of drug-likeness (QED) is 0.214. The van der Waals surface area contributed by atoms with E-state index in [0.29, 0.717) is 18.6 Å². The Morgan fingerprint density at radius 1 is 1.17 bits per heavy atom. The Morgan fingerprint density at radius 2 is 1.88 bits per heavy atom. The number of fused-ring (bicyclic) bond motifs is 4. The molecule has 6 rings (SSSR count). The summed E-state index contributed by atoms with van der Waals surface area (Å²) in [4.78, 5) is 38.9. The maximum atomic E-state index is 13.2. The molecule has 0 amide bonds. The van der Waals surface area contributed by atoms with Crippen LogP contribution in [-0.4, -0.2) is 78.6 Å². The minimum Gasteiger partial charge on any atom is -0.469 e. The van der Waals surface area contributed by atoms with E-state index in [2.05, 4.69) is 13.8 Å². The van der Waals surface area contributed by atoms with Gasteiger partial charge in [-0.1, -0.05) is 31.9 Å². The Bertz CT molecular complexity index is 1310. The van der Waals surface area contributed by atoms with Crippen molar-refractivity contribution in [3.63, 3.8) is 0 Å². The Kier molecular flexibility index (Phi) is 6.85. The fourth-order valence-corrected chi connectivity index (χ4v) is 9.92. The first kappa shape index (κ1) is 29.5. The molecule has 230 valence electrons. The van der Waals surface area contributed by atoms with Crippen LogP contribution in [0.3, 0.4) is 0 Å². The van der Waals surface area contributed by atoms with Crippen LogP contribution in [0.1, 0.15) is 60.8 Å². The number of aliphatic hydroxyl groups excluding tert-OH is 2. The number of carbonyl (C=O) groups excluding carboxylic acids is 3. The molecule has 2 saturated carbocycles. The van der Waals surface area contributed by atoms with Crippen molar-refractivity contribution in [1.29, 1.82) is 0 Å². The second-order valence-electron chi connectivity index (χ2n) is 14.0. The second kappa shape index (κ2) is 9.74. The summed E-state index contributed by atoms with van der Waals surface area (Å²) >= 11 is 0. The number of carbonyl (C=O) groups is 3. The minimum absolute atomic E-state index is 0.0487. The van der Waals surface area contributed by atoms with Gasteiger partial charge in [-0.2, -0.15) is 0 Å². The lowest BCUT2D eigenvalue weighted by Gasteiger charge is -2.65. The molecule has 42 heavy (non-hydrogen) atoms. The van der Waals surface area contributed by atoms with Crippen molar-refractivity contribution in [2.45, 2.75) is 97.6 Å². The van der Waals surface area contributed by atoms with E-state index in [4.69, 9.17) is 23.7 Å². The van der Waals surface area contributed by atoms with Gasteiger partial charge in [0.15, 0.2) is 0 Å². The number of hydrogen-bond donors (Lipinski definition) is 2. The summed E-state index contributed by atoms with van der Waals surface area (Å²) in [6.07, 6.45) is -0.295. The van der Waals surface area contributed by atoms with Gasteiger partial charge in [-0.25, -0.2) is 9.59 Å². The Labute approximate surface area is 246 Å². The van der Waals surface area contributed by atoms with Crippen LogP contribution < -0.4 is 0 Å². The maximum absolute atomic E-state index is 13.2. The van der Waals surface area contributed by atoms with Crippen molar-refractivity contribution in [2.24, 2.45) is 34.0 Å². The number of methoxy groups -OCH3 is 1. The van der Waals surface area contributed by atoms with Gasteiger partial charge in [-0.3, -0.25) is 4.79 Å². The van der Waals surface area contributed by atoms with Crippen LogP contribution in [0.25, 0.3) is 0 Å². The van der Waals surface area contributed by atoms with E-state index in [1.807, 2.05) is 27.7 Å². The number of aliphatic hydroxyl groups is 2. The lowest BCUT2D eigenvalue weighted by Crippen LogP contribution is -2.70. The predicted molar refractivity (Wildman–Crippen MR) is 147 cm³/mol. The van der Waals surface area contributed by atoms with E-state index in [1.165, 1.54) is 19.3 Å². The van der Waals surface area contributed by atoms with E-state index >= 15 is 0 Å². The van der Waals surface area contributed by atoms with Gasteiger partial charge in [-0.05, 0) is 44.8 Å². The summed E-state index contributed by atoms with van der Waals surface area (Å²) in [7, 11) is 1.36. The number of esters is 3. The molecule has 10 heteroatoms. The molecule has 12 atom stereocenters. The van der Waals surface area contributed by atoms with E-state index in [1.54, 1.807) is 0 Å². The normalized spacial score (nSPS) is 46.8. The van der Waals surface area contributed by atoms with E-state index in [0.717, 1.165) is 16.7 Å². The first-order chi connectivity index (χ1) is 19.7. The van der Waals surface area contributed by atoms with Crippen LogP contribution >= 0.6 is 0 Å². The lowest BCUT2D eigenvalue weighted by atomic mass is 9.40. The smallest absolute Gasteiger partial charge is 0.337 e. The van der Waals surface area contributed by atoms with E-state index in [9.17, 15) is 24.6 Å². The van der Waals surface area contributed by atoms with Gasteiger partial charge in [-0.15, -0.1) is 0 Å². The van der Waals surface area contributed by atoms with E-state index < -0.39 is 64.8 Å². The molecule has 6 aliphatic rings. The number of ether oxygens (including phenoxy) is 5. The molecular weight excluding hydrogens is 544 g/mol. The standard InChI is InChI=1S/C32H42O10/c1-14(2)8-23(35)41-21-12-20(33)30(4)13-39-26-27(30)31(21,5)19(11-22(34)38-7)32(6)25-15(3)16(9-18(25)40-28(26)32)17-10-24(36)42-29(17)37/h8,10,16,18-21,24,26-28,33,36H,9,11-13H2,1-7H3/t16-,18-,19-,20-,21+,24+,26-,27+,28-,30-,31+,32-/m1/s1. The van der Waals surface area contributed by atoms with Crippen molar-refractivity contribution in [3.05, 3.63) is 34.4 Å². The highest BCUT2D eigenvalue weighted by Crippen LogP contribution is 2.73. The molecule has 2 N–H and O–H groups in total. The van der Waals surface area contributed by atoms with Gasteiger partial charge in [0, 0.05) is 52.6 Å². The number of hydrogen-bond acceptors (Lipinski definition) is 10. The summed E-state index contributed by atoms with van der Waals surface area (Å²) < 4.78 is 29.8. The van der Waals surface area contributed by atoms with Crippen LogP contribution in [0.2, 0.25) is 0 Å². The van der Waals surface area contributed by atoms with Crippen LogP contribution in [0.4, 0.5) is 0 Å². The zero-order valence-corrected chi connectivity index (χ0v) is 25.3. The summed E-state index contributed by atoms with van der Waals surface area (Å²) in [6, 6.07) is 0. The van der Waals surface area contributed by atoms with Crippen LogP contribution in [0.15, 0.2) is 34.4 Å². The first-order valence-electron chi connectivity index (χ1n) is 14.9. The molecule has 0 spiro atoms. The molecule has 3 aliphatic carbocycles. The average Bonchev–Trinajstić information content (AvgIpc) is 3.61. The Balaban J connectivity index is 1.52. The minimum atomic E-state index is -1.27. The van der Waals surface area contributed by atoms with Crippen molar-refractivity contribution in [1.82, 2.24) is 0 Å². The topological polar surface area (TPSA) is 138 Å². The predicted octanol–water partition coefficient (Wildman–Crippen LogP) is 2.76. The van der Waals surface area contributed by atoms with Gasteiger partial charge < -0.3 is 33.9 Å². The molecule has 10 nitrogen and oxygen atoms in total. The Hall–Kier alpha value is -2.53. The van der Waals surface area contributed by atoms with Crippen molar-refractivity contribution in [2.75, 3.05) is 13.7 Å². The highest BCUT2D eigenvalue weighted by atomic mass is 16.6. The average molecular weight is 587 g/mol. The second-order valence-corrected chi connectivity index (χ2v) is 14.0. The summed E-state index contributed by atoms with van der Waals surface area (Å²) in [5.41, 5.74) is 0.984. The highest BCUT2D eigenvalue weighted by molar-refractivity contribution is 5.92. The van der Waals surface area contributed by atoms with Gasteiger partial charge in [0.2, 0.25) is 6.29 Å². The third-order valence-electron chi connectivity index (χ3n) is 11.6. The summed E-state index contributed by atoms with van der Waals surface area (Å²) in [6.45, 7) is 12.1. The van der Waals surface area contributed by atoms with Gasteiger partial charge >= 0.3 is 17.9 Å². The maximum Gasteiger partial charge on any atom is 0.337 e. The number of rotatable bonds is 5. The van der Waals surface area contributed by atoms with Gasteiger partial charge in [0.1, 0.15) is 6.10 Å². The van der Waals surface area contributed by atoms with Crippen LogP contribution in [0.5, 0.6) is 0 Å². The molecular formula is C32H42O10. The first-order valence-corrected chi connectivity index (χ1v) is 14.9. The lowest BCUT2D eigenvalue weighted by molar-refractivity contribution is -0.248. The SMILES string of the molecule is COC(=O)C[C@H]1[C@]2(C)C3=C(C)[C@H](C4=C[C@@H](O)OC4=O)C[C@H]3O[C@@H]2[C@@H]2OC[C@]3(C)[C@H](O)C[C@H](OC(=O)C=C(C)C)[C@@]1(C)[C@@H]23. The summed E-state index contributed by atoms with van der Waals surface area (Å²) in [5, 5.41) is 21.5. The van der Waals surface area contributed by atoms with Crippen molar-refractivity contribution >= 4 is 17.9 Å². The highest BCUT2D eigenvalue weighted by Gasteiger charge is 2.78. The molecule has 4 fully saturated rings. The fourth-order valence-electron chi connectivity index (χ4n) is 9.92. The molecule has 3 heterocycles. The Morgan fingerprint density at radius 3 is 2.50 bits per heavy atom. The molecule has 0 aromatic heterocycles. The molecule has 0 bridgehead atoms. The molecule has 0 unspecified atom stereocenters.